The van der Waals surface area contributed by atoms with E-state index in [0.29, 0.717) is 30.3 Å². The van der Waals surface area contributed by atoms with Crippen molar-refractivity contribution in [1.82, 2.24) is 9.97 Å². The lowest BCUT2D eigenvalue weighted by atomic mass is 10.1. The number of hydrogen-bond acceptors (Lipinski definition) is 9. The van der Waals surface area contributed by atoms with Gasteiger partial charge in [0.1, 0.15) is 12.4 Å². The van der Waals surface area contributed by atoms with Gasteiger partial charge in [0.05, 0.1) is 18.8 Å². The Balaban J connectivity index is 1.65. The van der Waals surface area contributed by atoms with E-state index >= 15 is 0 Å². The van der Waals surface area contributed by atoms with Gasteiger partial charge in [-0.25, -0.2) is 19.2 Å². The molecule has 1 aromatic carbocycles. The summed E-state index contributed by atoms with van der Waals surface area (Å²) in [5.41, 5.74) is 11.4. The summed E-state index contributed by atoms with van der Waals surface area (Å²) in [6.45, 7) is 0.221. The van der Waals surface area contributed by atoms with Crippen molar-refractivity contribution in [2.45, 2.75) is 12.5 Å². The van der Waals surface area contributed by atoms with Crippen LogP contribution >= 0.6 is 0 Å². The molecule has 0 unspecified atom stereocenters. The van der Waals surface area contributed by atoms with Gasteiger partial charge >= 0.3 is 6.09 Å². The summed E-state index contributed by atoms with van der Waals surface area (Å²) in [6, 6.07) is 4.58. The van der Waals surface area contributed by atoms with Crippen LogP contribution in [0.5, 0.6) is 0 Å². The number of carbonyl (C=O) groups is 1. The van der Waals surface area contributed by atoms with Crippen LogP contribution in [0.3, 0.4) is 0 Å². The smallest absolute Gasteiger partial charge is 0.437 e. The van der Waals surface area contributed by atoms with Gasteiger partial charge in [-0.1, -0.05) is 23.4 Å². The zero-order valence-corrected chi connectivity index (χ0v) is 16.0. The van der Waals surface area contributed by atoms with Crippen molar-refractivity contribution in [3.05, 3.63) is 42.0 Å². The van der Waals surface area contributed by atoms with Crippen LogP contribution in [-0.2, 0) is 16.2 Å². The Morgan fingerprint density at radius 2 is 1.97 bits per heavy atom. The van der Waals surface area contributed by atoms with E-state index in [4.69, 9.17) is 34.3 Å². The maximum absolute atomic E-state index is 14.8. The second kappa shape index (κ2) is 8.93. The average Bonchev–Trinajstić information content (AvgIpc) is 2.65. The van der Waals surface area contributed by atoms with Crippen molar-refractivity contribution in [3.63, 3.8) is 0 Å². The first-order valence-electron chi connectivity index (χ1n) is 8.71. The molecule has 1 amide bonds. The van der Waals surface area contributed by atoms with E-state index in [0.717, 1.165) is 0 Å². The number of ether oxygens (including phenoxy) is 1. The molecule has 2 radical (unpaired) electrons. The Labute approximate surface area is 176 Å². The van der Waals surface area contributed by atoms with Crippen molar-refractivity contribution >= 4 is 31.6 Å². The Morgan fingerprint density at radius 3 is 2.58 bits per heavy atom. The molecule has 0 bridgehead atoms. The van der Waals surface area contributed by atoms with Gasteiger partial charge in [-0.2, -0.15) is 0 Å². The van der Waals surface area contributed by atoms with E-state index in [1.54, 1.807) is 11.0 Å². The van der Waals surface area contributed by atoms with Gasteiger partial charge in [-0.15, -0.1) is 4.99 Å². The minimum absolute atomic E-state index is 0.119. The van der Waals surface area contributed by atoms with E-state index in [-0.39, 0.29) is 17.7 Å². The lowest BCUT2D eigenvalue weighted by Gasteiger charge is -2.32. The number of aromatic nitrogens is 2. The number of aliphatic hydroxyl groups is 2. The molecular weight excluding hydrogens is 412 g/mol. The molecule has 0 spiro atoms. The molecule has 160 valence electrons. The largest absolute Gasteiger partial charge is 0.443 e. The Hall–Kier alpha value is -3.78. The van der Waals surface area contributed by atoms with Crippen LogP contribution in [-0.4, -0.2) is 64.8 Å². The van der Waals surface area contributed by atoms with Crippen LogP contribution in [0.1, 0.15) is 5.56 Å². The van der Waals surface area contributed by atoms with Crippen LogP contribution in [0, 0.1) is 5.82 Å². The predicted molar refractivity (Wildman–Crippen MR) is 107 cm³/mol. The van der Waals surface area contributed by atoms with E-state index in [1.165, 1.54) is 24.5 Å². The number of hydrogen-bond donors (Lipinski definition) is 4. The topological polar surface area (TPSA) is 182 Å². The van der Waals surface area contributed by atoms with Gasteiger partial charge < -0.3 is 36.2 Å². The number of anilines is 1. The molecule has 1 aliphatic heterocycles. The van der Waals surface area contributed by atoms with E-state index in [1.807, 2.05) is 0 Å². The van der Waals surface area contributed by atoms with Gasteiger partial charge in [0.25, 0.3) is 5.87 Å². The summed E-state index contributed by atoms with van der Waals surface area (Å²) in [6.07, 6.45) is 1.84. The first-order chi connectivity index (χ1) is 14.6. The number of guanidine groups is 1. The van der Waals surface area contributed by atoms with Crippen molar-refractivity contribution < 1.29 is 29.0 Å². The van der Waals surface area contributed by atoms with Crippen LogP contribution in [0.25, 0.3) is 11.1 Å². The number of nitrogens with two attached hydrogens (primary N) is 2. The third kappa shape index (κ3) is 5.87. The zero-order valence-electron chi connectivity index (χ0n) is 16.0. The number of aliphatic imine (C=N–C) groups is 1. The molecule has 2 aromatic rings. The fraction of sp³-hybridized carbons (Fsp3) is 0.235. The number of oxime groups is 1. The zero-order chi connectivity index (χ0) is 22.6. The summed E-state index contributed by atoms with van der Waals surface area (Å²) >= 11 is 0. The molecule has 31 heavy (non-hydrogen) atoms. The number of nitrogens with zero attached hydrogens (tertiary/aromatic N) is 5. The maximum Gasteiger partial charge on any atom is 0.437 e. The first kappa shape index (κ1) is 21.9. The minimum atomic E-state index is -2.84. The number of carbonyl (C=O) groups excluding carboxylic acids is 1. The minimum Gasteiger partial charge on any atom is -0.443 e. The third-order valence-corrected chi connectivity index (χ3v) is 3.94. The highest BCUT2D eigenvalue weighted by Gasteiger charge is 2.26. The highest BCUT2D eigenvalue weighted by molar-refractivity contribution is 6.11. The summed E-state index contributed by atoms with van der Waals surface area (Å²) in [5.74, 6) is -3.55. The molecule has 0 saturated carbocycles. The normalized spacial score (nSPS) is 13.3. The third-order valence-electron chi connectivity index (χ3n) is 3.94. The lowest BCUT2D eigenvalue weighted by Crippen LogP contribution is -2.49. The molecule has 1 aromatic heterocycles. The van der Waals surface area contributed by atoms with Crippen molar-refractivity contribution in [3.8, 4) is 11.1 Å². The fourth-order valence-electron chi connectivity index (χ4n) is 2.54. The van der Waals surface area contributed by atoms with Gasteiger partial charge in [-0.3, -0.25) is 0 Å². The molecule has 14 heteroatoms. The number of rotatable bonds is 6. The second-order valence-corrected chi connectivity index (χ2v) is 6.41. The Morgan fingerprint density at radius 1 is 1.29 bits per heavy atom. The summed E-state index contributed by atoms with van der Waals surface area (Å²) < 4.78 is 19.6. The molecule has 12 nitrogen and oxygen atoms in total. The predicted octanol–water partition coefficient (Wildman–Crippen LogP) is -0.850. The SMILES string of the molecule is [B]C(O)(O)ON=C1CN(c2ncc(-c3cccc(COC(=O)N=C(N)N)c3F)cn2)C1. The van der Waals surface area contributed by atoms with Crippen LogP contribution in [0.2, 0.25) is 0 Å². The van der Waals surface area contributed by atoms with Crippen molar-refractivity contribution in [1.29, 1.82) is 0 Å². The Bertz CT molecular complexity index is 1010. The van der Waals surface area contributed by atoms with Gasteiger partial charge in [0.15, 0.2) is 5.96 Å². The monoisotopic (exact) mass is 429 g/mol. The molecule has 1 aliphatic rings. The fourth-order valence-corrected chi connectivity index (χ4v) is 2.54. The van der Waals surface area contributed by atoms with Gasteiger partial charge in [0, 0.05) is 29.1 Å². The Kier molecular flexibility index (Phi) is 6.32. The molecule has 2 heterocycles. The lowest BCUT2D eigenvalue weighted by molar-refractivity contribution is -0.275. The first-order valence-corrected chi connectivity index (χ1v) is 8.71. The highest BCUT2D eigenvalue weighted by atomic mass is 19.1. The average molecular weight is 429 g/mol. The van der Waals surface area contributed by atoms with Crippen LogP contribution < -0.4 is 16.4 Å². The van der Waals surface area contributed by atoms with Crippen LogP contribution in [0.4, 0.5) is 15.1 Å². The molecular formula is C17H17BFN7O5. The molecule has 1 saturated heterocycles. The van der Waals surface area contributed by atoms with E-state index in [2.05, 4.69) is 25.0 Å². The maximum atomic E-state index is 14.8. The quantitative estimate of drug-likeness (QED) is 0.148. The summed E-state index contributed by atoms with van der Waals surface area (Å²) in [4.78, 5) is 29.0. The van der Waals surface area contributed by atoms with Gasteiger partial charge in [0.2, 0.25) is 13.8 Å². The molecule has 3 rings (SSSR count). The van der Waals surface area contributed by atoms with Crippen molar-refractivity contribution in [2.75, 3.05) is 18.0 Å². The van der Waals surface area contributed by atoms with Crippen molar-refractivity contribution in [2.24, 2.45) is 21.6 Å². The highest BCUT2D eigenvalue weighted by Crippen LogP contribution is 2.26. The molecule has 0 atom stereocenters. The molecule has 0 aliphatic carbocycles. The van der Waals surface area contributed by atoms with E-state index in [9.17, 15) is 9.18 Å². The molecule has 6 N–H and O–H groups in total. The van der Waals surface area contributed by atoms with Crippen LogP contribution in [0.15, 0.2) is 40.7 Å². The summed E-state index contributed by atoms with van der Waals surface area (Å²) in [7, 11) is 4.83. The number of amides is 1. The van der Waals surface area contributed by atoms with E-state index < -0.39 is 23.7 Å². The molecule has 1 fully saturated rings. The van der Waals surface area contributed by atoms with Gasteiger partial charge in [-0.05, 0) is 0 Å². The number of halogens is 1. The standard InChI is InChI=1S/C17H17BFN7O5/c18-17(28,29)31-25-11-6-26(7-11)15-22-4-10(5-23-15)12-3-1-2-9(13(12)19)8-30-16(27)24-14(20)21/h1-5,28-29H,6-8H2,(H4,20,21,24,27). The second-order valence-electron chi connectivity index (χ2n) is 6.41. The number of benzene rings is 1. The summed E-state index contributed by atoms with van der Waals surface area (Å²) in [5, 5.41) is 21.2.